The van der Waals surface area contributed by atoms with Crippen molar-refractivity contribution in [3.63, 3.8) is 0 Å². The van der Waals surface area contributed by atoms with Gasteiger partial charge in [0, 0.05) is 0 Å². The van der Waals surface area contributed by atoms with E-state index in [1.54, 1.807) is 24.2 Å². The number of hydrogen-bond acceptors (Lipinski definition) is 0. The second-order valence-corrected chi connectivity index (χ2v) is 14.9. The number of halogens is 2. The number of hydrogen-bond donors (Lipinski definition) is 0. The molecule has 2 aromatic carbocycles. The van der Waals surface area contributed by atoms with Crippen LogP contribution in [-0.4, -0.2) is 3.21 Å². The summed E-state index contributed by atoms with van der Waals surface area (Å²) in [5.74, 6) is 0. The maximum absolute atomic E-state index is 3.96. The predicted molar refractivity (Wildman–Crippen MR) is 148 cm³/mol. The molecule has 0 bridgehead atoms. The van der Waals surface area contributed by atoms with Gasteiger partial charge in [-0.2, -0.15) is 6.07 Å². The van der Waals surface area contributed by atoms with Gasteiger partial charge in [-0.3, -0.25) is 0 Å². The van der Waals surface area contributed by atoms with Crippen LogP contribution in [0.1, 0.15) is 112 Å². The summed E-state index contributed by atoms with van der Waals surface area (Å²) >= 11 is 1.55. The van der Waals surface area contributed by atoms with Crippen molar-refractivity contribution in [2.75, 3.05) is 0 Å². The first-order valence-electron chi connectivity index (χ1n) is 12.7. The molecular formula is C33H43Cl2Zr-. The first-order valence-corrected chi connectivity index (χ1v) is 13.9. The van der Waals surface area contributed by atoms with Crippen LogP contribution in [0.25, 0.3) is 16.7 Å². The Bertz CT molecular complexity index is 1220. The SMILES string of the molecule is C[C](C)=[Zr+2].Cc1c(C2=CC=CC2)c(C(C)(C)C)[c-]c2c1-c1c(C)c(C)c(C(C)(C)C)c(C)c1C2.[Cl-].[Cl-]. The van der Waals surface area contributed by atoms with Crippen molar-refractivity contribution in [1.82, 2.24) is 0 Å². The van der Waals surface area contributed by atoms with Gasteiger partial charge in [-0.1, -0.05) is 83.4 Å². The third kappa shape index (κ3) is 6.27. The summed E-state index contributed by atoms with van der Waals surface area (Å²) in [6.07, 6.45) is 8.83. The Morgan fingerprint density at radius 3 is 1.78 bits per heavy atom. The van der Waals surface area contributed by atoms with Crippen LogP contribution in [0, 0.1) is 33.8 Å². The van der Waals surface area contributed by atoms with Crippen molar-refractivity contribution in [3.8, 4) is 11.1 Å². The van der Waals surface area contributed by atoms with Crippen LogP contribution in [0.5, 0.6) is 0 Å². The van der Waals surface area contributed by atoms with Gasteiger partial charge < -0.3 is 24.8 Å². The van der Waals surface area contributed by atoms with Crippen molar-refractivity contribution in [2.45, 2.75) is 107 Å². The van der Waals surface area contributed by atoms with E-state index >= 15 is 0 Å². The molecule has 0 heterocycles. The molecule has 0 nitrogen and oxygen atoms in total. The second kappa shape index (κ2) is 12.0. The minimum atomic E-state index is 0. The molecule has 0 N–H and O–H groups in total. The third-order valence-electron chi connectivity index (χ3n) is 7.22. The molecule has 0 saturated heterocycles. The van der Waals surface area contributed by atoms with Gasteiger partial charge >= 0.3 is 41.3 Å². The topological polar surface area (TPSA) is 0 Å². The number of benzene rings is 2. The zero-order valence-electron chi connectivity index (χ0n) is 24.4. The Hall–Kier alpha value is -0.747. The van der Waals surface area contributed by atoms with E-state index in [0.717, 1.165) is 12.8 Å². The van der Waals surface area contributed by atoms with Gasteiger partial charge in [-0.05, 0) is 66.7 Å². The van der Waals surface area contributed by atoms with Crippen LogP contribution in [0.2, 0.25) is 0 Å². The van der Waals surface area contributed by atoms with E-state index in [1.807, 2.05) is 0 Å². The van der Waals surface area contributed by atoms with Crippen molar-refractivity contribution in [1.29, 1.82) is 0 Å². The summed E-state index contributed by atoms with van der Waals surface area (Å²) in [5, 5.41) is 0. The van der Waals surface area contributed by atoms with Crippen LogP contribution >= 0.6 is 0 Å². The number of fused-ring (bicyclic) bond motifs is 3. The van der Waals surface area contributed by atoms with Crippen LogP contribution in [-0.2, 0) is 41.5 Å². The van der Waals surface area contributed by atoms with E-state index in [-0.39, 0.29) is 35.6 Å². The maximum Gasteiger partial charge on any atom is -0.0126 e. The first-order chi connectivity index (χ1) is 15.6. The van der Waals surface area contributed by atoms with E-state index < -0.39 is 0 Å². The normalized spacial score (nSPS) is 13.7. The molecule has 0 unspecified atom stereocenters. The third-order valence-corrected chi connectivity index (χ3v) is 7.22. The van der Waals surface area contributed by atoms with Crippen LogP contribution in [0.15, 0.2) is 18.2 Å². The molecule has 0 spiro atoms. The summed E-state index contributed by atoms with van der Waals surface area (Å²) < 4.78 is 1.51. The summed E-state index contributed by atoms with van der Waals surface area (Å²) in [6, 6.07) is 3.96. The minimum absolute atomic E-state index is 0. The standard InChI is InChI=1S/C30H37.C3H6.2ClH.Zr/c1-17-18(2)28(30(8,9)10)19(3)23-15-22-16-24(29(5,6)7)25(21-13-11-12-14-21)20(4)26(22)27(17)23;1-3-2;;;/h11-13H,14-15H2,1-10H3;1-2H3;2*1H;/q-1;;;;+2/p-2. The molecule has 2 aliphatic carbocycles. The number of rotatable bonds is 1. The van der Waals surface area contributed by atoms with Crippen molar-refractivity contribution >= 4 is 8.78 Å². The van der Waals surface area contributed by atoms with Crippen LogP contribution in [0.4, 0.5) is 0 Å². The molecular weight excluding hydrogens is 558 g/mol. The molecule has 36 heavy (non-hydrogen) atoms. The van der Waals surface area contributed by atoms with Crippen molar-refractivity contribution in [2.24, 2.45) is 0 Å². The fourth-order valence-corrected chi connectivity index (χ4v) is 5.96. The van der Waals surface area contributed by atoms with Crippen molar-refractivity contribution in [3.05, 3.63) is 74.4 Å². The monoisotopic (exact) mass is 599 g/mol. The summed E-state index contributed by atoms with van der Waals surface area (Å²) in [5.41, 5.74) is 17.8. The van der Waals surface area contributed by atoms with Gasteiger partial charge in [-0.25, -0.2) is 0 Å². The van der Waals surface area contributed by atoms with E-state index in [4.69, 9.17) is 0 Å². The van der Waals surface area contributed by atoms with E-state index in [2.05, 4.69) is 107 Å². The van der Waals surface area contributed by atoms with Crippen LogP contribution in [0.3, 0.4) is 0 Å². The van der Waals surface area contributed by atoms with Gasteiger partial charge in [0.05, 0.1) is 0 Å². The first kappa shape index (κ1) is 33.3. The molecule has 0 saturated carbocycles. The van der Waals surface area contributed by atoms with Gasteiger partial charge in [0.1, 0.15) is 0 Å². The molecule has 194 valence electrons. The van der Waals surface area contributed by atoms with Gasteiger partial charge in [0.25, 0.3) is 0 Å². The molecule has 0 aliphatic heterocycles. The molecule has 0 amide bonds. The quantitative estimate of drug-likeness (QED) is 0.377. The maximum atomic E-state index is 3.96. The predicted octanol–water partition coefficient (Wildman–Crippen LogP) is 2.98. The Kier molecular flexibility index (Phi) is 11.1. The second-order valence-electron chi connectivity index (χ2n) is 12.5. The molecule has 0 atom stereocenters. The average Bonchev–Trinajstić information content (AvgIpc) is 3.32. The zero-order valence-corrected chi connectivity index (χ0v) is 28.4. The van der Waals surface area contributed by atoms with Gasteiger partial charge in [0.2, 0.25) is 0 Å². The van der Waals surface area contributed by atoms with E-state index in [1.165, 1.54) is 70.0 Å². The van der Waals surface area contributed by atoms with Crippen LogP contribution < -0.4 is 24.8 Å². The number of allylic oxidation sites excluding steroid dienone is 4. The van der Waals surface area contributed by atoms with E-state index in [0.29, 0.717) is 0 Å². The molecule has 0 aromatic heterocycles. The Balaban J connectivity index is 0.00000101. The smallest absolute Gasteiger partial charge is 0.0126 e. The summed E-state index contributed by atoms with van der Waals surface area (Å²) in [4.78, 5) is 0. The van der Waals surface area contributed by atoms with E-state index in [9.17, 15) is 0 Å². The van der Waals surface area contributed by atoms with Gasteiger partial charge in [0.15, 0.2) is 0 Å². The molecule has 0 fully saturated rings. The molecule has 2 aliphatic rings. The molecule has 3 heteroatoms. The fourth-order valence-electron chi connectivity index (χ4n) is 5.96. The summed E-state index contributed by atoms with van der Waals surface area (Å²) in [6.45, 7) is 27.7. The summed E-state index contributed by atoms with van der Waals surface area (Å²) in [7, 11) is 0. The minimum Gasteiger partial charge on any atom is -1.00 e. The Labute approximate surface area is 248 Å². The Morgan fingerprint density at radius 2 is 1.33 bits per heavy atom. The fraction of sp³-hybridized carbons (Fsp3) is 0.485. The van der Waals surface area contributed by atoms with Gasteiger partial charge in [-0.15, -0.1) is 27.8 Å². The zero-order chi connectivity index (χ0) is 25.7. The average molecular weight is 602 g/mol. The largest absolute Gasteiger partial charge is 1.00 e. The molecule has 4 rings (SSSR count). The molecule has 0 radical (unpaired) electrons. The Morgan fingerprint density at radius 1 is 0.778 bits per heavy atom. The molecule has 2 aromatic rings. The van der Waals surface area contributed by atoms with Crippen molar-refractivity contribution < 1.29 is 49.0 Å².